The number of benzene rings is 2. The van der Waals surface area contributed by atoms with Crippen molar-refractivity contribution in [2.24, 2.45) is 0 Å². The topological polar surface area (TPSA) is 15.7 Å². The minimum absolute atomic E-state index is 0.296. The Morgan fingerprint density at radius 1 is 0.833 bits per heavy atom. The van der Waals surface area contributed by atoms with E-state index >= 15 is 0 Å². The van der Waals surface area contributed by atoms with E-state index < -0.39 is 0 Å². The van der Waals surface area contributed by atoms with Crippen molar-refractivity contribution in [1.82, 2.24) is 0 Å². The molecule has 2 aromatic carbocycles. The molecular formula is C21H26N2O. The summed E-state index contributed by atoms with van der Waals surface area (Å²) in [4.78, 5) is 4.66. The molecule has 3 heteroatoms. The van der Waals surface area contributed by atoms with Gasteiger partial charge in [0, 0.05) is 16.9 Å². The van der Waals surface area contributed by atoms with Gasteiger partial charge >= 0.3 is 0 Å². The van der Waals surface area contributed by atoms with Crippen molar-refractivity contribution in [3.8, 4) is 0 Å². The van der Waals surface area contributed by atoms with Crippen LogP contribution in [0.15, 0.2) is 60.0 Å². The molecule has 0 aromatic heterocycles. The quantitative estimate of drug-likeness (QED) is 0.803. The van der Waals surface area contributed by atoms with Crippen molar-refractivity contribution in [2.75, 3.05) is 23.6 Å². The van der Waals surface area contributed by atoms with Gasteiger partial charge in [-0.1, -0.05) is 35.4 Å². The molecule has 3 nitrogen and oxygen atoms in total. The highest BCUT2D eigenvalue weighted by atomic mass is 16.5. The van der Waals surface area contributed by atoms with E-state index in [1.807, 2.05) is 0 Å². The van der Waals surface area contributed by atoms with Gasteiger partial charge in [-0.25, -0.2) is 0 Å². The summed E-state index contributed by atoms with van der Waals surface area (Å²) in [7, 11) is 1.76. The summed E-state index contributed by atoms with van der Waals surface area (Å²) in [5.74, 6) is 0.953. The Bertz CT molecular complexity index is 731. The second-order valence-corrected chi connectivity index (χ2v) is 6.58. The number of ether oxygens (including phenoxy) is 1. The Labute approximate surface area is 145 Å². The van der Waals surface area contributed by atoms with Crippen LogP contribution in [0.5, 0.6) is 0 Å². The maximum atomic E-state index is 5.75. The van der Waals surface area contributed by atoms with Gasteiger partial charge in [0.1, 0.15) is 0 Å². The van der Waals surface area contributed by atoms with E-state index in [2.05, 4.69) is 86.0 Å². The fourth-order valence-corrected chi connectivity index (χ4v) is 3.20. The first-order chi connectivity index (χ1) is 11.5. The molecule has 0 spiro atoms. The number of methoxy groups -OCH3 is 1. The lowest BCUT2D eigenvalue weighted by atomic mass is 10.0. The molecule has 0 radical (unpaired) electrons. The normalized spacial score (nSPS) is 18.1. The van der Waals surface area contributed by atoms with Crippen molar-refractivity contribution in [3.63, 3.8) is 0 Å². The Balaban J connectivity index is 2.01. The maximum absolute atomic E-state index is 5.75. The van der Waals surface area contributed by atoms with Gasteiger partial charge in [0.2, 0.25) is 0 Å². The first kappa shape index (κ1) is 16.4. The largest absolute Gasteiger partial charge is 0.482 e. The van der Waals surface area contributed by atoms with Crippen molar-refractivity contribution >= 4 is 11.4 Å². The molecule has 0 saturated carbocycles. The molecule has 0 aliphatic carbocycles. The molecule has 1 aliphatic heterocycles. The zero-order valence-electron chi connectivity index (χ0n) is 15.2. The van der Waals surface area contributed by atoms with Crippen LogP contribution in [-0.4, -0.2) is 19.8 Å². The van der Waals surface area contributed by atoms with Crippen molar-refractivity contribution in [1.29, 1.82) is 0 Å². The maximum Gasteiger partial charge on any atom is 0.195 e. The smallest absolute Gasteiger partial charge is 0.195 e. The first-order valence-electron chi connectivity index (χ1n) is 8.43. The Hall–Kier alpha value is -2.42. The fourth-order valence-electron chi connectivity index (χ4n) is 3.20. The number of anilines is 2. The van der Waals surface area contributed by atoms with Gasteiger partial charge in [-0.3, -0.25) is 4.90 Å². The summed E-state index contributed by atoms with van der Waals surface area (Å²) in [5, 5.41) is 0. The van der Waals surface area contributed by atoms with E-state index in [9.17, 15) is 0 Å². The molecule has 1 heterocycles. The molecule has 0 N–H and O–H groups in total. The second-order valence-electron chi connectivity index (χ2n) is 6.58. The molecule has 1 atom stereocenters. The van der Waals surface area contributed by atoms with E-state index in [4.69, 9.17) is 4.74 Å². The number of aryl methyl sites for hydroxylation is 2. The van der Waals surface area contributed by atoms with Crippen LogP contribution in [0.2, 0.25) is 0 Å². The standard InChI is InChI=1S/C21H26N2O/c1-15-6-10-19(11-7-15)22-14-23(20-12-8-16(2)9-13-20)21(24-5)17(3)18(22)4/h6-13,18H,14H2,1-5H3. The van der Waals surface area contributed by atoms with E-state index in [0.29, 0.717) is 6.04 Å². The van der Waals surface area contributed by atoms with Gasteiger partial charge in [0.15, 0.2) is 5.88 Å². The fraction of sp³-hybridized carbons (Fsp3) is 0.333. The minimum atomic E-state index is 0.296. The molecular weight excluding hydrogens is 296 g/mol. The molecule has 0 amide bonds. The number of hydrogen-bond donors (Lipinski definition) is 0. The molecule has 0 fully saturated rings. The number of nitrogens with zero attached hydrogens (tertiary/aromatic N) is 2. The molecule has 2 aromatic rings. The van der Waals surface area contributed by atoms with Crippen molar-refractivity contribution < 1.29 is 4.74 Å². The molecule has 0 bridgehead atoms. The van der Waals surface area contributed by atoms with E-state index in [0.717, 1.165) is 18.2 Å². The Kier molecular flexibility index (Phi) is 4.52. The zero-order valence-corrected chi connectivity index (χ0v) is 15.2. The third-order valence-corrected chi connectivity index (χ3v) is 4.88. The first-order valence-corrected chi connectivity index (χ1v) is 8.43. The van der Waals surface area contributed by atoms with Crippen molar-refractivity contribution in [3.05, 3.63) is 71.1 Å². The van der Waals surface area contributed by atoms with E-state index in [1.165, 1.54) is 22.4 Å². The van der Waals surface area contributed by atoms with Crippen LogP contribution in [0.4, 0.5) is 11.4 Å². The summed E-state index contributed by atoms with van der Waals surface area (Å²) in [6, 6.07) is 17.6. The predicted molar refractivity (Wildman–Crippen MR) is 101 cm³/mol. The Morgan fingerprint density at radius 3 is 1.83 bits per heavy atom. The third kappa shape index (κ3) is 2.99. The molecule has 1 aliphatic rings. The lowest BCUT2D eigenvalue weighted by Gasteiger charge is -2.43. The number of rotatable bonds is 3. The minimum Gasteiger partial charge on any atom is -0.482 e. The summed E-state index contributed by atoms with van der Waals surface area (Å²) in [6.07, 6.45) is 0. The van der Waals surface area contributed by atoms with Gasteiger partial charge in [-0.2, -0.15) is 0 Å². The molecule has 126 valence electrons. The molecule has 3 rings (SSSR count). The van der Waals surface area contributed by atoms with E-state index in [-0.39, 0.29) is 0 Å². The summed E-state index contributed by atoms with van der Waals surface area (Å²) in [6.45, 7) is 9.40. The summed E-state index contributed by atoms with van der Waals surface area (Å²) < 4.78 is 5.75. The number of hydrogen-bond acceptors (Lipinski definition) is 3. The lowest BCUT2D eigenvalue weighted by Crippen LogP contribution is -2.49. The molecule has 1 unspecified atom stereocenters. The second kappa shape index (κ2) is 6.60. The van der Waals surface area contributed by atoms with Gasteiger partial charge < -0.3 is 9.64 Å². The van der Waals surface area contributed by atoms with Gasteiger partial charge in [0.25, 0.3) is 0 Å². The SMILES string of the molecule is COC1=C(C)C(C)N(c2ccc(C)cc2)CN1c1ccc(C)cc1. The van der Waals surface area contributed by atoms with Crippen LogP contribution in [0.1, 0.15) is 25.0 Å². The average molecular weight is 322 g/mol. The van der Waals surface area contributed by atoms with Gasteiger partial charge in [-0.05, 0) is 52.0 Å². The van der Waals surface area contributed by atoms with Crippen molar-refractivity contribution in [2.45, 2.75) is 33.7 Å². The monoisotopic (exact) mass is 322 g/mol. The molecule has 0 saturated heterocycles. The average Bonchev–Trinajstić information content (AvgIpc) is 2.59. The van der Waals surface area contributed by atoms with E-state index in [1.54, 1.807) is 7.11 Å². The van der Waals surface area contributed by atoms with Crippen LogP contribution < -0.4 is 9.80 Å². The van der Waals surface area contributed by atoms with Crippen LogP contribution in [0.25, 0.3) is 0 Å². The van der Waals surface area contributed by atoms with Crippen LogP contribution in [0, 0.1) is 13.8 Å². The highest BCUT2D eigenvalue weighted by molar-refractivity contribution is 5.60. The van der Waals surface area contributed by atoms with Crippen LogP contribution in [0.3, 0.4) is 0 Å². The predicted octanol–water partition coefficient (Wildman–Crippen LogP) is 4.85. The van der Waals surface area contributed by atoms with Crippen LogP contribution >= 0.6 is 0 Å². The van der Waals surface area contributed by atoms with Gasteiger partial charge in [-0.15, -0.1) is 0 Å². The summed E-state index contributed by atoms with van der Waals surface area (Å²) in [5.41, 5.74) is 6.17. The highest BCUT2D eigenvalue weighted by Gasteiger charge is 2.30. The van der Waals surface area contributed by atoms with Gasteiger partial charge in [0.05, 0.1) is 19.8 Å². The Morgan fingerprint density at radius 2 is 1.33 bits per heavy atom. The third-order valence-electron chi connectivity index (χ3n) is 4.88. The van der Waals surface area contributed by atoms with Crippen LogP contribution in [-0.2, 0) is 4.74 Å². The summed E-state index contributed by atoms with van der Waals surface area (Å²) >= 11 is 0. The highest BCUT2D eigenvalue weighted by Crippen LogP contribution is 2.33. The lowest BCUT2D eigenvalue weighted by molar-refractivity contribution is 0.264. The molecule has 24 heavy (non-hydrogen) atoms. The zero-order chi connectivity index (χ0) is 17.3.